The molecular weight excluding hydrogens is 188 g/mol. The number of carboxylic acids is 1. The third-order valence-corrected chi connectivity index (χ3v) is 2.87. The number of aliphatic carboxylic acids is 1. The molecule has 1 aromatic rings. The minimum atomic E-state index is -0.706. The summed E-state index contributed by atoms with van der Waals surface area (Å²) in [5.74, 6) is -0.0754. The molecule has 2 heteroatoms. The molecule has 2 unspecified atom stereocenters. The number of benzene rings is 1. The van der Waals surface area contributed by atoms with Crippen LogP contribution in [0, 0.1) is 11.8 Å². The molecule has 82 valence electrons. The zero-order chi connectivity index (χ0) is 11.3. The van der Waals surface area contributed by atoms with Crippen molar-refractivity contribution < 1.29 is 9.90 Å². The maximum Gasteiger partial charge on any atom is 0.303 e. The first-order valence-corrected chi connectivity index (χ1v) is 5.35. The highest BCUT2D eigenvalue weighted by molar-refractivity contribution is 5.66. The van der Waals surface area contributed by atoms with Crippen LogP contribution >= 0.6 is 0 Å². The molecule has 2 atom stereocenters. The zero-order valence-electron chi connectivity index (χ0n) is 9.31. The van der Waals surface area contributed by atoms with E-state index >= 15 is 0 Å². The normalized spacial score (nSPS) is 14.5. The second-order valence-electron chi connectivity index (χ2n) is 4.24. The minimum Gasteiger partial charge on any atom is -0.481 e. The molecule has 0 spiro atoms. The molecule has 0 fully saturated rings. The van der Waals surface area contributed by atoms with Gasteiger partial charge in [-0.15, -0.1) is 0 Å². The molecule has 1 aromatic carbocycles. The summed E-state index contributed by atoms with van der Waals surface area (Å²) < 4.78 is 0. The molecule has 1 N–H and O–H groups in total. The molecule has 2 nitrogen and oxygen atoms in total. The SMILES string of the molecule is CC(CC(=O)O)C(C)Cc1ccccc1. The van der Waals surface area contributed by atoms with Gasteiger partial charge in [-0.25, -0.2) is 0 Å². The first-order chi connectivity index (χ1) is 7.09. The van der Waals surface area contributed by atoms with Crippen LogP contribution in [-0.2, 0) is 11.2 Å². The van der Waals surface area contributed by atoms with E-state index in [2.05, 4.69) is 19.1 Å². The molecule has 0 saturated heterocycles. The highest BCUT2D eigenvalue weighted by Crippen LogP contribution is 2.19. The van der Waals surface area contributed by atoms with Gasteiger partial charge in [0.1, 0.15) is 0 Å². The average Bonchev–Trinajstić information content (AvgIpc) is 2.18. The van der Waals surface area contributed by atoms with Crippen LogP contribution in [0.15, 0.2) is 30.3 Å². The summed E-state index contributed by atoms with van der Waals surface area (Å²) in [6.45, 7) is 4.11. The fourth-order valence-corrected chi connectivity index (χ4v) is 1.66. The van der Waals surface area contributed by atoms with Crippen LogP contribution in [0.1, 0.15) is 25.8 Å². The Kier molecular flexibility index (Phi) is 4.35. The molecule has 15 heavy (non-hydrogen) atoms. The highest BCUT2D eigenvalue weighted by Gasteiger charge is 2.15. The van der Waals surface area contributed by atoms with E-state index < -0.39 is 5.97 Å². The maximum atomic E-state index is 10.6. The molecule has 0 aliphatic rings. The summed E-state index contributed by atoms with van der Waals surface area (Å²) >= 11 is 0. The van der Waals surface area contributed by atoms with E-state index in [0.29, 0.717) is 5.92 Å². The van der Waals surface area contributed by atoms with E-state index in [1.165, 1.54) is 5.56 Å². The summed E-state index contributed by atoms with van der Waals surface area (Å²) in [7, 11) is 0. The second-order valence-corrected chi connectivity index (χ2v) is 4.24. The fourth-order valence-electron chi connectivity index (χ4n) is 1.66. The van der Waals surface area contributed by atoms with Gasteiger partial charge >= 0.3 is 5.97 Å². The predicted octanol–water partition coefficient (Wildman–Crippen LogP) is 2.98. The first-order valence-electron chi connectivity index (χ1n) is 5.35. The van der Waals surface area contributed by atoms with E-state index in [1.807, 2.05) is 25.1 Å². The second kappa shape index (κ2) is 5.54. The number of hydrogen-bond acceptors (Lipinski definition) is 1. The van der Waals surface area contributed by atoms with Crippen molar-refractivity contribution in [3.8, 4) is 0 Å². The molecule has 0 aliphatic carbocycles. The Labute approximate surface area is 90.9 Å². The topological polar surface area (TPSA) is 37.3 Å². The van der Waals surface area contributed by atoms with E-state index in [0.717, 1.165) is 6.42 Å². The van der Waals surface area contributed by atoms with Crippen molar-refractivity contribution in [2.75, 3.05) is 0 Å². The Morgan fingerprint density at radius 1 is 1.20 bits per heavy atom. The summed E-state index contributed by atoms with van der Waals surface area (Å²) in [6.07, 6.45) is 1.21. The highest BCUT2D eigenvalue weighted by atomic mass is 16.4. The predicted molar refractivity (Wildman–Crippen MR) is 60.7 cm³/mol. The largest absolute Gasteiger partial charge is 0.481 e. The smallest absolute Gasteiger partial charge is 0.303 e. The quantitative estimate of drug-likeness (QED) is 0.804. The lowest BCUT2D eigenvalue weighted by atomic mass is 9.87. The monoisotopic (exact) mass is 206 g/mol. The Morgan fingerprint density at radius 3 is 2.33 bits per heavy atom. The van der Waals surface area contributed by atoms with Gasteiger partial charge < -0.3 is 5.11 Å². The van der Waals surface area contributed by atoms with Gasteiger partial charge in [0, 0.05) is 6.42 Å². The molecule has 0 heterocycles. The van der Waals surface area contributed by atoms with Gasteiger partial charge in [0.15, 0.2) is 0 Å². The maximum absolute atomic E-state index is 10.6. The standard InChI is InChI=1S/C13H18O2/c1-10(11(2)9-13(14)15)8-12-6-4-3-5-7-12/h3-7,10-11H,8-9H2,1-2H3,(H,14,15). The van der Waals surface area contributed by atoms with Crippen molar-refractivity contribution in [1.29, 1.82) is 0 Å². The van der Waals surface area contributed by atoms with Crippen molar-refractivity contribution in [3.05, 3.63) is 35.9 Å². The summed E-state index contributed by atoms with van der Waals surface area (Å²) in [5, 5.41) is 8.70. The lowest BCUT2D eigenvalue weighted by Gasteiger charge is -2.17. The van der Waals surface area contributed by atoms with Crippen molar-refractivity contribution >= 4 is 5.97 Å². The lowest BCUT2D eigenvalue weighted by molar-refractivity contribution is -0.138. The number of hydrogen-bond donors (Lipinski definition) is 1. The molecule has 0 radical (unpaired) electrons. The van der Waals surface area contributed by atoms with Gasteiger partial charge in [-0.05, 0) is 23.8 Å². The number of carbonyl (C=O) groups is 1. The van der Waals surface area contributed by atoms with E-state index in [9.17, 15) is 4.79 Å². The zero-order valence-corrected chi connectivity index (χ0v) is 9.31. The van der Waals surface area contributed by atoms with Crippen LogP contribution in [0.4, 0.5) is 0 Å². The van der Waals surface area contributed by atoms with E-state index in [1.54, 1.807) is 0 Å². The number of carboxylic acid groups (broad SMARTS) is 1. The van der Waals surface area contributed by atoms with Crippen molar-refractivity contribution in [1.82, 2.24) is 0 Å². The van der Waals surface area contributed by atoms with E-state index in [4.69, 9.17) is 5.11 Å². The molecule has 0 saturated carbocycles. The lowest BCUT2D eigenvalue weighted by Crippen LogP contribution is -2.14. The van der Waals surface area contributed by atoms with Crippen LogP contribution in [0.5, 0.6) is 0 Å². The van der Waals surface area contributed by atoms with Crippen LogP contribution in [0.2, 0.25) is 0 Å². The Bertz CT molecular complexity index is 306. The van der Waals surface area contributed by atoms with Crippen LogP contribution in [-0.4, -0.2) is 11.1 Å². The summed E-state index contributed by atoms with van der Waals surface area (Å²) in [6, 6.07) is 10.2. The van der Waals surface area contributed by atoms with Crippen LogP contribution in [0.3, 0.4) is 0 Å². The van der Waals surface area contributed by atoms with Gasteiger partial charge in [0.2, 0.25) is 0 Å². The van der Waals surface area contributed by atoms with Gasteiger partial charge in [-0.2, -0.15) is 0 Å². The average molecular weight is 206 g/mol. The van der Waals surface area contributed by atoms with Gasteiger partial charge in [-0.3, -0.25) is 4.79 Å². The molecular formula is C13H18O2. The first kappa shape index (κ1) is 11.8. The third kappa shape index (κ3) is 4.15. The Hall–Kier alpha value is -1.31. The minimum absolute atomic E-state index is 0.225. The fraction of sp³-hybridized carbons (Fsp3) is 0.462. The van der Waals surface area contributed by atoms with Gasteiger partial charge in [-0.1, -0.05) is 44.2 Å². The van der Waals surface area contributed by atoms with Crippen LogP contribution in [0.25, 0.3) is 0 Å². The molecule has 0 aliphatic heterocycles. The Morgan fingerprint density at radius 2 is 1.80 bits per heavy atom. The molecule has 1 rings (SSSR count). The van der Waals surface area contributed by atoms with Crippen molar-refractivity contribution in [3.63, 3.8) is 0 Å². The van der Waals surface area contributed by atoms with Gasteiger partial charge in [0.05, 0.1) is 0 Å². The molecule has 0 aromatic heterocycles. The van der Waals surface area contributed by atoms with Gasteiger partial charge in [0.25, 0.3) is 0 Å². The summed E-state index contributed by atoms with van der Waals surface area (Å²) in [5.41, 5.74) is 1.28. The van der Waals surface area contributed by atoms with Crippen LogP contribution < -0.4 is 0 Å². The van der Waals surface area contributed by atoms with E-state index in [-0.39, 0.29) is 12.3 Å². The third-order valence-electron chi connectivity index (χ3n) is 2.87. The number of rotatable bonds is 5. The van der Waals surface area contributed by atoms with Crippen molar-refractivity contribution in [2.45, 2.75) is 26.7 Å². The summed E-state index contributed by atoms with van der Waals surface area (Å²) in [4.78, 5) is 10.6. The molecule has 0 amide bonds. The Balaban J connectivity index is 2.48. The van der Waals surface area contributed by atoms with Crippen molar-refractivity contribution in [2.24, 2.45) is 11.8 Å². The molecule has 0 bridgehead atoms.